The molecule has 0 amide bonds. The summed E-state index contributed by atoms with van der Waals surface area (Å²) in [5.41, 5.74) is 2.38. The monoisotopic (exact) mass is 268 g/mol. The lowest BCUT2D eigenvalue weighted by atomic mass is 10.1. The van der Waals surface area contributed by atoms with Crippen molar-refractivity contribution >= 4 is 5.69 Å². The number of hydrogen-bond acceptors (Lipinski definition) is 4. The SMILES string of the molecule is COc1ccc(CNc2c(C#N)cccc2OC)cc1. The Morgan fingerprint density at radius 2 is 1.80 bits per heavy atom. The largest absolute Gasteiger partial charge is 0.497 e. The molecular formula is C16H16N2O2. The number of ether oxygens (including phenoxy) is 2. The smallest absolute Gasteiger partial charge is 0.143 e. The van der Waals surface area contributed by atoms with Gasteiger partial charge in [-0.3, -0.25) is 0 Å². The normalized spacial score (nSPS) is 9.65. The van der Waals surface area contributed by atoms with Crippen LogP contribution in [0.1, 0.15) is 11.1 Å². The average molecular weight is 268 g/mol. The van der Waals surface area contributed by atoms with E-state index in [4.69, 9.17) is 14.7 Å². The van der Waals surface area contributed by atoms with Crippen molar-refractivity contribution in [2.75, 3.05) is 19.5 Å². The fraction of sp³-hybridized carbons (Fsp3) is 0.188. The van der Waals surface area contributed by atoms with Crippen LogP contribution in [0.5, 0.6) is 11.5 Å². The first-order chi connectivity index (χ1) is 9.78. The number of methoxy groups -OCH3 is 2. The van der Waals surface area contributed by atoms with Crippen molar-refractivity contribution in [3.8, 4) is 17.6 Å². The van der Waals surface area contributed by atoms with Crippen LogP contribution >= 0.6 is 0 Å². The molecule has 0 atom stereocenters. The van der Waals surface area contributed by atoms with Crippen molar-refractivity contribution in [3.05, 3.63) is 53.6 Å². The highest BCUT2D eigenvalue weighted by Gasteiger charge is 2.08. The van der Waals surface area contributed by atoms with Gasteiger partial charge in [-0.15, -0.1) is 0 Å². The van der Waals surface area contributed by atoms with Crippen LogP contribution in [0.25, 0.3) is 0 Å². The molecule has 0 aromatic heterocycles. The molecule has 0 aliphatic carbocycles. The van der Waals surface area contributed by atoms with Crippen LogP contribution in [0.15, 0.2) is 42.5 Å². The minimum Gasteiger partial charge on any atom is -0.497 e. The quantitative estimate of drug-likeness (QED) is 0.904. The number of nitrogens with zero attached hydrogens (tertiary/aromatic N) is 1. The minimum atomic E-state index is 0.567. The van der Waals surface area contributed by atoms with Crippen molar-refractivity contribution in [1.82, 2.24) is 0 Å². The Labute approximate surface area is 118 Å². The van der Waals surface area contributed by atoms with E-state index in [0.29, 0.717) is 23.5 Å². The topological polar surface area (TPSA) is 54.3 Å². The van der Waals surface area contributed by atoms with E-state index >= 15 is 0 Å². The Bertz CT molecular complexity index is 615. The van der Waals surface area contributed by atoms with Gasteiger partial charge in [-0.2, -0.15) is 5.26 Å². The van der Waals surface area contributed by atoms with Gasteiger partial charge in [0.15, 0.2) is 0 Å². The number of rotatable bonds is 5. The van der Waals surface area contributed by atoms with Gasteiger partial charge in [0, 0.05) is 6.54 Å². The molecule has 0 unspecified atom stereocenters. The fourth-order valence-electron chi connectivity index (χ4n) is 1.91. The summed E-state index contributed by atoms with van der Waals surface area (Å²) in [7, 11) is 3.23. The molecule has 0 aliphatic heterocycles. The summed E-state index contributed by atoms with van der Waals surface area (Å²) in [6.07, 6.45) is 0. The van der Waals surface area contributed by atoms with E-state index in [1.165, 1.54) is 0 Å². The summed E-state index contributed by atoms with van der Waals surface area (Å²) in [5.74, 6) is 1.49. The van der Waals surface area contributed by atoms with Gasteiger partial charge in [0.2, 0.25) is 0 Å². The third-order valence-electron chi connectivity index (χ3n) is 2.99. The molecule has 4 nitrogen and oxygen atoms in total. The summed E-state index contributed by atoms with van der Waals surface area (Å²) in [5, 5.41) is 12.4. The summed E-state index contributed by atoms with van der Waals surface area (Å²) in [6, 6.07) is 15.3. The standard InChI is InChI=1S/C16H16N2O2/c1-19-14-8-6-12(7-9-14)11-18-16-13(10-17)4-3-5-15(16)20-2/h3-9,18H,11H2,1-2H3. The molecule has 0 spiro atoms. The van der Waals surface area contributed by atoms with Gasteiger partial charge in [0.1, 0.15) is 17.6 Å². The Hall–Kier alpha value is -2.67. The number of para-hydroxylation sites is 1. The Kier molecular flexibility index (Phi) is 4.46. The molecule has 0 bridgehead atoms. The second-order valence-corrected chi connectivity index (χ2v) is 4.20. The van der Waals surface area contributed by atoms with Crippen molar-refractivity contribution in [1.29, 1.82) is 5.26 Å². The van der Waals surface area contributed by atoms with Crippen molar-refractivity contribution in [2.24, 2.45) is 0 Å². The molecule has 0 heterocycles. The van der Waals surface area contributed by atoms with Gasteiger partial charge in [-0.05, 0) is 29.8 Å². The highest BCUT2D eigenvalue weighted by molar-refractivity contribution is 5.66. The maximum atomic E-state index is 9.14. The molecular weight excluding hydrogens is 252 g/mol. The number of hydrogen-bond donors (Lipinski definition) is 1. The van der Waals surface area contributed by atoms with E-state index in [0.717, 1.165) is 11.3 Å². The second-order valence-electron chi connectivity index (χ2n) is 4.20. The predicted octanol–water partition coefficient (Wildman–Crippen LogP) is 3.19. The molecule has 0 saturated carbocycles. The van der Waals surface area contributed by atoms with E-state index in [9.17, 15) is 0 Å². The van der Waals surface area contributed by atoms with E-state index in [1.807, 2.05) is 30.3 Å². The van der Waals surface area contributed by atoms with Crippen molar-refractivity contribution < 1.29 is 9.47 Å². The fourth-order valence-corrected chi connectivity index (χ4v) is 1.91. The zero-order valence-electron chi connectivity index (χ0n) is 11.5. The second kappa shape index (κ2) is 6.48. The van der Waals surface area contributed by atoms with Crippen LogP contribution in [0.4, 0.5) is 5.69 Å². The first-order valence-electron chi connectivity index (χ1n) is 6.22. The zero-order chi connectivity index (χ0) is 14.4. The molecule has 2 aromatic carbocycles. The predicted molar refractivity (Wildman–Crippen MR) is 78.0 cm³/mol. The first-order valence-corrected chi connectivity index (χ1v) is 6.22. The summed E-state index contributed by atoms with van der Waals surface area (Å²) in [4.78, 5) is 0. The van der Waals surface area contributed by atoms with Gasteiger partial charge < -0.3 is 14.8 Å². The number of nitrogens with one attached hydrogen (secondary N) is 1. The Morgan fingerprint density at radius 3 is 2.40 bits per heavy atom. The molecule has 0 aliphatic rings. The summed E-state index contributed by atoms with van der Waals surface area (Å²) in [6.45, 7) is 0.610. The van der Waals surface area contributed by atoms with Gasteiger partial charge >= 0.3 is 0 Å². The zero-order valence-corrected chi connectivity index (χ0v) is 11.5. The molecule has 0 fully saturated rings. The van der Waals surface area contributed by atoms with Crippen molar-refractivity contribution in [2.45, 2.75) is 6.54 Å². The van der Waals surface area contributed by atoms with Crippen molar-refractivity contribution in [3.63, 3.8) is 0 Å². The van der Waals surface area contributed by atoms with E-state index in [1.54, 1.807) is 26.4 Å². The Balaban J connectivity index is 2.15. The van der Waals surface area contributed by atoms with E-state index < -0.39 is 0 Å². The van der Waals surface area contributed by atoms with Gasteiger partial charge in [0.25, 0.3) is 0 Å². The number of nitriles is 1. The van der Waals surface area contributed by atoms with Crippen LogP contribution in [-0.4, -0.2) is 14.2 Å². The molecule has 4 heteroatoms. The summed E-state index contributed by atoms with van der Waals surface area (Å²) >= 11 is 0. The molecule has 1 N–H and O–H groups in total. The lowest BCUT2D eigenvalue weighted by Crippen LogP contribution is -2.03. The van der Waals surface area contributed by atoms with E-state index in [2.05, 4.69) is 11.4 Å². The van der Waals surface area contributed by atoms with Crippen LogP contribution < -0.4 is 14.8 Å². The van der Waals surface area contributed by atoms with Crippen LogP contribution in [0.3, 0.4) is 0 Å². The highest BCUT2D eigenvalue weighted by Crippen LogP contribution is 2.28. The molecule has 0 radical (unpaired) electrons. The molecule has 2 rings (SSSR count). The molecule has 20 heavy (non-hydrogen) atoms. The molecule has 102 valence electrons. The van der Waals surface area contributed by atoms with Crippen LogP contribution in [-0.2, 0) is 6.54 Å². The number of anilines is 1. The summed E-state index contributed by atoms with van der Waals surface area (Å²) < 4.78 is 10.4. The Morgan fingerprint density at radius 1 is 1.05 bits per heavy atom. The van der Waals surface area contributed by atoms with Crippen LogP contribution in [0.2, 0.25) is 0 Å². The number of benzene rings is 2. The lowest BCUT2D eigenvalue weighted by Gasteiger charge is -2.12. The maximum Gasteiger partial charge on any atom is 0.143 e. The van der Waals surface area contributed by atoms with Gasteiger partial charge in [0.05, 0.1) is 25.5 Å². The van der Waals surface area contributed by atoms with Gasteiger partial charge in [-0.1, -0.05) is 18.2 Å². The van der Waals surface area contributed by atoms with Crippen LogP contribution in [0, 0.1) is 11.3 Å². The highest BCUT2D eigenvalue weighted by atomic mass is 16.5. The molecule has 0 saturated heterocycles. The average Bonchev–Trinajstić information content (AvgIpc) is 2.52. The maximum absolute atomic E-state index is 9.14. The third kappa shape index (κ3) is 3.01. The lowest BCUT2D eigenvalue weighted by molar-refractivity contribution is 0.414. The minimum absolute atomic E-state index is 0.567. The first kappa shape index (κ1) is 13.8. The van der Waals surface area contributed by atoms with Gasteiger partial charge in [-0.25, -0.2) is 0 Å². The molecule has 2 aromatic rings. The third-order valence-corrected chi connectivity index (χ3v) is 2.99. The van der Waals surface area contributed by atoms with E-state index in [-0.39, 0.29) is 0 Å².